The minimum Gasteiger partial charge on any atom is -0.348 e. The molecule has 0 spiro atoms. The van der Waals surface area contributed by atoms with Gasteiger partial charge in [0.2, 0.25) is 5.91 Å². The van der Waals surface area contributed by atoms with Gasteiger partial charge in [-0.05, 0) is 30.0 Å². The van der Waals surface area contributed by atoms with Gasteiger partial charge in [-0.2, -0.15) is 0 Å². The second-order valence-electron chi connectivity index (χ2n) is 8.65. The highest BCUT2D eigenvalue weighted by molar-refractivity contribution is 7.91. The van der Waals surface area contributed by atoms with Gasteiger partial charge in [-0.3, -0.25) is 14.6 Å². The average Bonchev–Trinajstić information content (AvgIpc) is 3.14. The van der Waals surface area contributed by atoms with Gasteiger partial charge in [-0.15, -0.1) is 0 Å². The summed E-state index contributed by atoms with van der Waals surface area (Å²) < 4.78 is 23.4. The van der Waals surface area contributed by atoms with E-state index < -0.39 is 9.84 Å². The van der Waals surface area contributed by atoms with Gasteiger partial charge in [0, 0.05) is 32.2 Å². The molecule has 7 heteroatoms. The largest absolute Gasteiger partial charge is 0.348 e. The third kappa shape index (κ3) is 5.73. The van der Waals surface area contributed by atoms with Crippen molar-refractivity contribution >= 4 is 15.7 Å². The first-order valence-electron chi connectivity index (χ1n) is 11.0. The molecule has 2 fully saturated rings. The number of nitrogens with one attached hydrogen (secondary N) is 1. The summed E-state index contributed by atoms with van der Waals surface area (Å²) in [5, 5.41) is 3.11. The number of piperazine rings is 1. The SMILES string of the molecule is C[C@H](NC(=O)CN1CCN([C@@H]2CCS(=O)(=O)C2)CC1)c1ccc(-c2ccccc2)cc1. The van der Waals surface area contributed by atoms with Crippen molar-refractivity contribution in [2.45, 2.75) is 25.4 Å². The monoisotopic (exact) mass is 441 g/mol. The second-order valence-corrected chi connectivity index (χ2v) is 10.9. The summed E-state index contributed by atoms with van der Waals surface area (Å²) in [4.78, 5) is 17.0. The van der Waals surface area contributed by atoms with E-state index in [4.69, 9.17) is 0 Å². The van der Waals surface area contributed by atoms with E-state index in [1.807, 2.05) is 25.1 Å². The zero-order valence-electron chi connectivity index (χ0n) is 18.0. The minimum absolute atomic E-state index is 0.0246. The lowest BCUT2D eigenvalue weighted by atomic mass is 10.0. The molecule has 2 aromatic carbocycles. The smallest absolute Gasteiger partial charge is 0.234 e. The van der Waals surface area contributed by atoms with E-state index in [-0.39, 0.29) is 23.7 Å². The van der Waals surface area contributed by atoms with E-state index in [1.54, 1.807) is 0 Å². The molecule has 2 saturated heterocycles. The van der Waals surface area contributed by atoms with Crippen LogP contribution < -0.4 is 5.32 Å². The van der Waals surface area contributed by atoms with Crippen molar-refractivity contribution in [3.63, 3.8) is 0 Å². The van der Waals surface area contributed by atoms with Crippen LogP contribution in [0.15, 0.2) is 54.6 Å². The molecule has 0 unspecified atom stereocenters. The van der Waals surface area contributed by atoms with E-state index in [0.717, 1.165) is 43.7 Å². The van der Waals surface area contributed by atoms with Crippen molar-refractivity contribution < 1.29 is 13.2 Å². The summed E-state index contributed by atoms with van der Waals surface area (Å²) in [6.07, 6.45) is 0.739. The molecule has 2 aliphatic rings. The van der Waals surface area contributed by atoms with Gasteiger partial charge in [-0.25, -0.2) is 8.42 Å². The first kappa shape index (κ1) is 22.0. The topological polar surface area (TPSA) is 69.7 Å². The molecule has 0 radical (unpaired) electrons. The third-order valence-electron chi connectivity index (χ3n) is 6.39. The molecule has 2 atom stereocenters. The Morgan fingerprint density at radius 2 is 1.65 bits per heavy atom. The van der Waals surface area contributed by atoms with Crippen LogP contribution in [0.1, 0.15) is 24.9 Å². The van der Waals surface area contributed by atoms with Gasteiger partial charge in [-0.1, -0.05) is 54.6 Å². The number of nitrogens with zero attached hydrogens (tertiary/aromatic N) is 2. The summed E-state index contributed by atoms with van der Waals surface area (Å²) in [5.41, 5.74) is 3.43. The Morgan fingerprint density at radius 1 is 1.00 bits per heavy atom. The van der Waals surface area contributed by atoms with Gasteiger partial charge in [0.1, 0.15) is 0 Å². The molecule has 31 heavy (non-hydrogen) atoms. The van der Waals surface area contributed by atoms with Crippen LogP contribution in [0.4, 0.5) is 0 Å². The van der Waals surface area contributed by atoms with Crippen LogP contribution in [0, 0.1) is 0 Å². The lowest BCUT2D eigenvalue weighted by molar-refractivity contribution is -0.123. The minimum atomic E-state index is -2.86. The molecule has 2 heterocycles. The van der Waals surface area contributed by atoms with E-state index in [9.17, 15) is 13.2 Å². The van der Waals surface area contributed by atoms with Crippen molar-refractivity contribution in [3.05, 3.63) is 60.2 Å². The van der Waals surface area contributed by atoms with E-state index >= 15 is 0 Å². The van der Waals surface area contributed by atoms with Gasteiger partial charge in [0.05, 0.1) is 24.1 Å². The van der Waals surface area contributed by atoms with Crippen molar-refractivity contribution in [2.24, 2.45) is 0 Å². The molecular weight excluding hydrogens is 410 g/mol. The Labute approximate surface area is 185 Å². The summed E-state index contributed by atoms with van der Waals surface area (Å²) >= 11 is 0. The summed E-state index contributed by atoms with van der Waals surface area (Å²) in [6.45, 7) is 5.62. The molecular formula is C24H31N3O3S. The van der Waals surface area contributed by atoms with E-state index in [2.05, 4.69) is 51.5 Å². The molecule has 0 aromatic heterocycles. The van der Waals surface area contributed by atoms with Crippen molar-refractivity contribution in [1.29, 1.82) is 0 Å². The molecule has 0 aliphatic carbocycles. The van der Waals surface area contributed by atoms with Gasteiger partial charge in [0.25, 0.3) is 0 Å². The first-order chi connectivity index (χ1) is 14.9. The number of carbonyl (C=O) groups is 1. The fourth-order valence-electron chi connectivity index (χ4n) is 4.52. The summed E-state index contributed by atoms with van der Waals surface area (Å²) in [7, 11) is -2.86. The van der Waals surface area contributed by atoms with Gasteiger partial charge >= 0.3 is 0 Å². The maximum absolute atomic E-state index is 12.6. The lowest BCUT2D eigenvalue weighted by Gasteiger charge is -2.37. The Balaban J connectivity index is 1.24. The maximum atomic E-state index is 12.6. The second kappa shape index (κ2) is 9.51. The number of amides is 1. The Morgan fingerprint density at radius 3 is 2.26 bits per heavy atom. The summed E-state index contributed by atoms with van der Waals surface area (Å²) in [5.74, 6) is 0.620. The fraction of sp³-hybridized carbons (Fsp3) is 0.458. The summed E-state index contributed by atoms with van der Waals surface area (Å²) in [6, 6.07) is 18.7. The Bertz CT molecular complexity index is 984. The molecule has 166 valence electrons. The molecule has 1 N–H and O–H groups in total. The number of carbonyl (C=O) groups excluding carboxylic acids is 1. The Kier molecular flexibility index (Phi) is 6.74. The highest BCUT2D eigenvalue weighted by Gasteiger charge is 2.33. The predicted octanol–water partition coefficient (Wildman–Crippen LogP) is 2.34. The maximum Gasteiger partial charge on any atom is 0.234 e. The van der Waals surface area contributed by atoms with Crippen LogP contribution in [0.3, 0.4) is 0 Å². The van der Waals surface area contributed by atoms with Crippen molar-refractivity contribution in [1.82, 2.24) is 15.1 Å². The molecule has 2 aromatic rings. The van der Waals surface area contributed by atoms with Gasteiger partial charge in [0.15, 0.2) is 9.84 Å². The predicted molar refractivity (Wildman–Crippen MR) is 124 cm³/mol. The van der Waals surface area contributed by atoms with Crippen molar-refractivity contribution in [3.8, 4) is 11.1 Å². The number of benzene rings is 2. The molecule has 0 saturated carbocycles. The molecule has 6 nitrogen and oxygen atoms in total. The van der Waals surface area contributed by atoms with E-state index in [1.165, 1.54) is 5.56 Å². The van der Waals surface area contributed by atoms with Crippen molar-refractivity contribution in [2.75, 3.05) is 44.2 Å². The van der Waals surface area contributed by atoms with E-state index in [0.29, 0.717) is 12.3 Å². The zero-order chi connectivity index (χ0) is 21.8. The third-order valence-corrected chi connectivity index (χ3v) is 8.14. The number of rotatable bonds is 6. The van der Waals surface area contributed by atoms with Crippen LogP contribution in [0.5, 0.6) is 0 Å². The normalized spacial score (nSPS) is 22.8. The fourth-order valence-corrected chi connectivity index (χ4v) is 6.28. The molecule has 2 aliphatic heterocycles. The van der Waals surface area contributed by atoms with Crippen LogP contribution in [0.2, 0.25) is 0 Å². The first-order valence-corrected chi connectivity index (χ1v) is 12.8. The highest BCUT2D eigenvalue weighted by Crippen LogP contribution is 2.22. The van der Waals surface area contributed by atoms with Crippen LogP contribution in [-0.2, 0) is 14.6 Å². The quantitative estimate of drug-likeness (QED) is 0.745. The lowest BCUT2D eigenvalue weighted by Crippen LogP contribution is -2.52. The van der Waals surface area contributed by atoms with Gasteiger partial charge < -0.3 is 5.32 Å². The molecule has 4 rings (SSSR count). The Hall–Kier alpha value is -2.22. The highest BCUT2D eigenvalue weighted by atomic mass is 32.2. The van der Waals surface area contributed by atoms with Crippen LogP contribution >= 0.6 is 0 Å². The average molecular weight is 442 g/mol. The number of hydrogen-bond acceptors (Lipinski definition) is 5. The molecule has 0 bridgehead atoms. The standard InChI is InChI=1S/C24H31N3O3S/c1-19(20-7-9-22(10-8-20)21-5-3-2-4-6-21)25-24(28)17-26-12-14-27(15-13-26)23-11-16-31(29,30)18-23/h2-10,19,23H,11-18H2,1H3,(H,25,28)/t19-,23+/m0/s1. The molecule has 1 amide bonds. The van der Waals surface area contributed by atoms with Crippen LogP contribution in [0.25, 0.3) is 11.1 Å². The number of hydrogen-bond donors (Lipinski definition) is 1. The van der Waals surface area contributed by atoms with Crippen LogP contribution in [-0.4, -0.2) is 74.4 Å². The number of sulfone groups is 1. The zero-order valence-corrected chi connectivity index (χ0v) is 18.9.